The zero-order valence-corrected chi connectivity index (χ0v) is 23.4. The number of halogens is 1. The van der Waals surface area contributed by atoms with Gasteiger partial charge in [0, 0.05) is 31.7 Å². The first kappa shape index (κ1) is 27.0. The molecule has 0 radical (unpaired) electrons. The molecule has 1 aliphatic rings. The number of likely N-dealkylation sites (N-methyl/N-ethyl adjacent to an activating group) is 1. The van der Waals surface area contributed by atoms with E-state index in [1.165, 1.54) is 11.3 Å². The van der Waals surface area contributed by atoms with E-state index in [-0.39, 0.29) is 10.8 Å². The average molecular weight is 549 g/mol. The molecule has 2 heterocycles. The first-order valence-electron chi connectivity index (χ1n) is 12.4. The van der Waals surface area contributed by atoms with Gasteiger partial charge in [0.15, 0.2) is 5.13 Å². The predicted octanol–water partition coefficient (Wildman–Crippen LogP) is 5.36. The van der Waals surface area contributed by atoms with Crippen molar-refractivity contribution >= 4 is 54.2 Å². The Bertz CT molecular complexity index is 1300. The number of thiazole rings is 1. The maximum atomic E-state index is 13.7. The molecule has 0 unspecified atom stereocenters. The second-order valence-corrected chi connectivity index (χ2v) is 12.5. The first-order chi connectivity index (χ1) is 17.2. The molecule has 1 aromatic heterocycles. The Hall–Kier alpha value is -2.04. The number of rotatable bonds is 9. The van der Waals surface area contributed by atoms with Crippen LogP contribution in [0.5, 0.6) is 0 Å². The zero-order valence-electron chi connectivity index (χ0n) is 21.0. The fraction of sp³-hybridized carbons (Fsp3) is 0.462. The summed E-state index contributed by atoms with van der Waals surface area (Å²) in [5.41, 5.74) is 1.10. The summed E-state index contributed by atoms with van der Waals surface area (Å²) in [4.78, 5) is 22.5. The standard InChI is InChI=1S/C26H33ClN4O3S2/c1-4-29(5-2)17-18-31(26-28-24-22(27)7-6-8-23(24)35-26)25(32)20-9-11-21(12-10-20)36(33,34)30-15-13-19(3)14-16-30/h6-12,19H,4-5,13-18H2,1-3H3. The molecule has 0 aliphatic carbocycles. The number of hydrogen-bond donors (Lipinski definition) is 0. The number of sulfonamides is 1. The molecule has 0 spiro atoms. The predicted molar refractivity (Wildman–Crippen MR) is 148 cm³/mol. The van der Waals surface area contributed by atoms with Gasteiger partial charge in [-0.3, -0.25) is 9.69 Å². The highest BCUT2D eigenvalue weighted by Gasteiger charge is 2.29. The van der Waals surface area contributed by atoms with Crippen LogP contribution in [-0.2, 0) is 10.0 Å². The van der Waals surface area contributed by atoms with E-state index < -0.39 is 10.0 Å². The number of fused-ring (bicyclic) bond motifs is 1. The molecule has 3 aromatic rings. The summed E-state index contributed by atoms with van der Waals surface area (Å²) in [6.07, 6.45) is 1.73. The van der Waals surface area contributed by atoms with Crippen LogP contribution in [0.1, 0.15) is 44.0 Å². The SMILES string of the molecule is CCN(CC)CCN(C(=O)c1ccc(S(=O)(=O)N2CCC(C)CC2)cc1)c1nc2c(Cl)cccc2s1. The second kappa shape index (κ2) is 11.6. The topological polar surface area (TPSA) is 73.8 Å². The number of carbonyl (C=O) groups excluding carboxylic acids is 1. The molecule has 7 nitrogen and oxygen atoms in total. The van der Waals surface area contributed by atoms with Crippen LogP contribution in [0.4, 0.5) is 5.13 Å². The lowest BCUT2D eigenvalue weighted by molar-refractivity contribution is 0.0983. The lowest BCUT2D eigenvalue weighted by Gasteiger charge is -2.29. The summed E-state index contributed by atoms with van der Waals surface area (Å²) >= 11 is 7.77. The number of amides is 1. The quantitative estimate of drug-likeness (QED) is 0.360. The van der Waals surface area contributed by atoms with E-state index in [2.05, 4.69) is 30.7 Å². The van der Waals surface area contributed by atoms with Crippen molar-refractivity contribution in [2.45, 2.75) is 38.5 Å². The fourth-order valence-electron chi connectivity index (χ4n) is 4.38. The van der Waals surface area contributed by atoms with E-state index in [0.717, 1.165) is 30.6 Å². The van der Waals surface area contributed by atoms with Crippen LogP contribution >= 0.6 is 22.9 Å². The van der Waals surface area contributed by atoms with E-state index >= 15 is 0 Å². The smallest absolute Gasteiger partial charge is 0.260 e. The number of anilines is 1. The van der Waals surface area contributed by atoms with Crippen LogP contribution in [0.25, 0.3) is 10.2 Å². The van der Waals surface area contributed by atoms with E-state index in [1.54, 1.807) is 39.5 Å². The van der Waals surface area contributed by atoms with Crippen molar-refractivity contribution in [1.82, 2.24) is 14.2 Å². The number of benzene rings is 2. The third-order valence-electron chi connectivity index (χ3n) is 6.85. The average Bonchev–Trinajstić information content (AvgIpc) is 3.32. The van der Waals surface area contributed by atoms with Crippen LogP contribution in [0.2, 0.25) is 5.02 Å². The molecule has 0 N–H and O–H groups in total. The molecule has 194 valence electrons. The number of para-hydroxylation sites is 1. The molecular formula is C26H33ClN4O3S2. The molecule has 36 heavy (non-hydrogen) atoms. The van der Waals surface area contributed by atoms with Gasteiger partial charge < -0.3 is 4.90 Å². The van der Waals surface area contributed by atoms with Gasteiger partial charge in [-0.15, -0.1) is 0 Å². The minimum atomic E-state index is -3.57. The molecule has 1 amide bonds. The molecule has 0 bridgehead atoms. The van der Waals surface area contributed by atoms with Crippen molar-refractivity contribution in [2.24, 2.45) is 5.92 Å². The van der Waals surface area contributed by atoms with E-state index in [1.807, 2.05) is 12.1 Å². The highest BCUT2D eigenvalue weighted by atomic mass is 35.5. The molecular weight excluding hydrogens is 516 g/mol. The molecule has 1 aliphatic heterocycles. The minimum Gasteiger partial charge on any atom is -0.302 e. The van der Waals surface area contributed by atoms with Crippen LogP contribution < -0.4 is 4.90 Å². The Balaban J connectivity index is 1.60. The molecule has 4 rings (SSSR count). The molecule has 10 heteroatoms. The van der Waals surface area contributed by atoms with Gasteiger partial charge in [-0.25, -0.2) is 13.4 Å². The van der Waals surface area contributed by atoms with Crippen molar-refractivity contribution in [3.63, 3.8) is 0 Å². The maximum Gasteiger partial charge on any atom is 0.260 e. The molecule has 0 atom stereocenters. The van der Waals surface area contributed by atoms with Crippen LogP contribution in [0.3, 0.4) is 0 Å². The summed E-state index contributed by atoms with van der Waals surface area (Å²) in [7, 11) is -3.57. The monoisotopic (exact) mass is 548 g/mol. The Labute approximate surface area is 222 Å². The van der Waals surface area contributed by atoms with Crippen molar-refractivity contribution < 1.29 is 13.2 Å². The van der Waals surface area contributed by atoms with Gasteiger partial charge in [0.05, 0.1) is 14.6 Å². The van der Waals surface area contributed by atoms with Gasteiger partial charge in [-0.1, -0.05) is 49.8 Å². The normalized spacial score (nSPS) is 15.6. The number of piperidine rings is 1. The number of aromatic nitrogens is 1. The Morgan fingerprint density at radius 1 is 1.08 bits per heavy atom. The summed E-state index contributed by atoms with van der Waals surface area (Å²) in [6, 6.07) is 11.9. The van der Waals surface area contributed by atoms with Crippen LogP contribution in [0, 0.1) is 5.92 Å². The largest absolute Gasteiger partial charge is 0.302 e. The zero-order chi connectivity index (χ0) is 25.9. The third kappa shape index (κ3) is 5.75. The van der Waals surface area contributed by atoms with Gasteiger partial charge >= 0.3 is 0 Å². The Morgan fingerprint density at radius 3 is 2.36 bits per heavy atom. The van der Waals surface area contributed by atoms with Crippen molar-refractivity contribution in [3.8, 4) is 0 Å². The highest BCUT2D eigenvalue weighted by Crippen LogP contribution is 2.33. The number of hydrogen-bond acceptors (Lipinski definition) is 6. The van der Waals surface area contributed by atoms with E-state index in [4.69, 9.17) is 11.6 Å². The third-order valence-corrected chi connectivity index (χ3v) is 10.1. The molecule has 1 fully saturated rings. The van der Waals surface area contributed by atoms with Crippen LogP contribution in [0.15, 0.2) is 47.4 Å². The number of nitrogens with zero attached hydrogens (tertiary/aromatic N) is 4. The summed E-state index contributed by atoms with van der Waals surface area (Å²) < 4.78 is 28.7. The van der Waals surface area contributed by atoms with Gasteiger partial charge in [-0.2, -0.15) is 4.31 Å². The van der Waals surface area contributed by atoms with E-state index in [0.29, 0.717) is 53.3 Å². The molecule has 2 aromatic carbocycles. The first-order valence-corrected chi connectivity index (χ1v) is 15.1. The van der Waals surface area contributed by atoms with E-state index in [9.17, 15) is 13.2 Å². The van der Waals surface area contributed by atoms with Crippen molar-refractivity contribution in [2.75, 3.05) is 44.2 Å². The number of carbonyl (C=O) groups is 1. The van der Waals surface area contributed by atoms with Crippen molar-refractivity contribution in [3.05, 3.63) is 53.1 Å². The highest BCUT2D eigenvalue weighted by molar-refractivity contribution is 7.89. The van der Waals surface area contributed by atoms with Crippen LogP contribution in [-0.4, -0.2) is 67.8 Å². The van der Waals surface area contributed by atoms with Gasteiger partial charge in [0.1, 0.15) is 5.52 Å². The molecule has 1 saturated heterocycles. The summed E-state index contributed by atoms with van der Waals surface area (Å²) in [5.74, 6) is 0.323. The van der Waals surface area contributed by atoms with Gasteiger partial charge in [-0.05, 0) is 68.2 Å². The second-order valence-electron chi connectivity index (χ2n) is 9.18. The minimum absolute atomic E-state index is 0.215. The summed E-state index contributed by atoms with van der Waals surface area (Å²) in [5, 5.41) is 1.13. The summed E-state index contributed by atoms with van der Waals surface area (Å²) in [6.45, 7) is 10.3. The van der Waals surface area contributed by atoms with Gasteiger partial charge in [0.2, 0.25) is 10.0 Å². The lowest BCUT2D eigenvalue weighted by atomic mass is 10.0. The molecule has 0 saturated carbocycles. The van der Waals surface area contributed by atoms with Crippen molar-refractivity contribution in [1.29, 1.82) is 0 Å². The van der Waals surface area contributed by atoms with Gasteiger partial charge in [0.25, 0.3) is 5.91 Å². The Morgan fingerprint density at radius 2 is 1.75 bits per heavy atom. The lowest BCUT2D eigenvalue weighted by Crippen LogP contribution is -2.39. The Kier molecular flexibility index (Phi) is 8.67. The fourth-order valence-corrected chi connectivity index (χ4v) is 7.14. The maximum absolute atomic E-state index is 13.7.